The van der Waals surface area contributed by atoms with E-state index in [0.29, 0.717) is 6.04 Å². The summed E-state index contributed by atoms with van der Waals surface area (Å²) >= 11 is 0. The SMILES string of the molecule is CNC(C)c1cccnc1N1CC(C)CC(C)C1. The summed E-state index contributed by atoms with van der Waals surface area (Å²) in [5.74, 6) is 2.68. The summed E-state index contributed by atoms with van der Waals surface area (Å²) in [6, 6.07) is 4.57. The van der Waals surface area contributed by atoms with Crippen LogP contribution in [-0.4, -0.2) is 25.1 Å². The average Bonchev–Trinajstić information content (AvgIpc) is 2.36. The van der Waals surface area contributed by atoms with Gasteiger partial charge in [-0.3, -0.25) is 0 Å². The number of hydrogen-bond donors (Lipinski definition) is 1. The normalized spacial score (nSPS) is 26.1. The van der Waals surface area contributed by atoms with Gasteiger partial charge >= 0.3 is 0 Å². The van der Waals surface area contributed by atoms with Gasteiger partial charge in [0.15, 0.2) is 0 Å². The fourth-order valence-electron chi connectivity index (χ4n) is 3.00. The molecule has 1 N–H and O–H groups in total. The molecular weight excluding hydrogens is 222 g/mol. The van der Waals surface area contributed by atoms with Crippen molar-refractivity contribution in [2.45, 2.75) is 33.2 Å². The van der Waals surface area contributed by atoms with Crippen LogP contribution >= 0.6 is 0 Å². The Morgan fingerprint density at radius 1 is 1.33 bits per heavy atom. The summed E-state index contributed by atoms with van der Waals surface area (Å²) in [7, 11) is 2.00. The van der Waals surface area contributed by atoms with Crippen molar-refractivity contribution in [3.05, 3.63) is 23.9 Å². The van der Waals surface area contributed by atoms with Crippen molar-refractivity contribution >= 4 is 5.82 Å². The van der Waals surface area contributed by atoms with Gasteiger partial charge in [0.05, 0.1) is 0 Å². The van der Waals surface area contributed by atoms with Crippen LogP contribution in [-0.2, 0) is 0 Å². The van der Waals surface area contributed by atoms with Crippen LogP contribution in [0.5, 0.6) is 0 Å². The highest BCUT2D eigenvalue weighted by atomic mass is 15.2. The van der Waals surface area contributed by atoms with Crippen LogP contribution in [0.4, 0.5) is 5.82 Å². The molecule has 100 valence electrons. The third-order valence-electron chi connectivity index (χ3n) is 3.88. The number of hydrogen-bond acceptors (Lipinski definition) is 3. The van der Waals surface area contributed by atoms with Crippen LogP contribution in [0.25, 0.3) is 0 Å². The van der Waals surface area contributed by atoms with Gasteiger partial charge in [-0.1, -0.05) is 19.9 Å². The van der Waals surface area contributed by atoms with Crippen LogP contribution in [0.2, 0.25) is 0 Å². The molecule has 18 heavy (non-hydrogen) atoms. The zero-order valence-electron chi connectivity index (χ0n) is 12.0. The smallest absolute Gasteiger partial charge is 0.133 e. The molecule has 1 saturated heterocycles. The second-order valence-electron chi connectivity index (χ2n) is 5.78. The Morgan fingerprint density at radius 2 is 2.00 bits per heavy atom. The second-order valence-corrected chi connectivity index (χ2v) is 5.78. The number of piperidine rings is 1. The molecule has 1 fully saturated rings. The van der Waals surface area contributed by atoms with E-state index in [0.717, 1.165) is 30.7 Å². The quantitative estimate of drug-likeness (QED) is 0.890. The van der Waals surface area contributed by atoms with Crippen LogP contribution < -0.4 is 10.2 Å². The minimum Gasteiger partial charge on any atom is -0.356 e. The fourth-order valence-corrected chi connectivity index (χ4v) is 3.00. The largest absolute Gasteiger partial charge is 0.356 e. The Hall–Kier alpha value is -1.09. The average molecular weight is 247 g/mol. The molecular formula is C15H25N3. The van der Waals surface area contributed by atoms with Crippen molar-refractivity contribution in [3.8, 4) is 0 Å². The summed E-state index contributed by atoms with van der Waals surface area (Å²) in [4.78, 5) is 7.09. The zero-order valence-corrected chi connectivity index (χ0v) is 12.0. The second kappa shape index (κ2) is 5.70. The maximum atomic E-state index is 4.63. The molecule has 0 aliphatic carbocycles. The lowest BCUT2D eigenvalue weighted by atomic mass is 9.91. The highest BCUT2D eigenvalue weighted by Crippen LogP contribution is 2.29. The molecule has 0 radical (unpaired) electrons. The molecule has 3 heteroatoms. The summed E-state index contributed by atoms with van der Waals surface area (Å²) in [5, 5.41) is 3.32. The molecule has 0 amide bonds. The number of nitrogens with zero attached hydrogens (tertiary/aromatic N) is 2. The first-order valence-electron chi connectivity index (χ1n) is 6.99. The van der Waals surface area contributed by atoms with Crippen molar-refractivity contribution < 1.29 is 0 Å². The number of pyridine rings is 1. The predicted octanol–water partition coefficient (Wildman–Crippen LogP) is 2.84. The van der Waals surface area contributed by atoms with Gasteiger partial charge in [0.2, 0.25) is 0 Å². The van der Waals surface area contributed by atoms with Gasteiger partial charge in [-0.15, -0.1) is 0 Å². The van der Waals surface area contributed by atoms with Gasteiger partial charge < -0.3 is 10.2 Å². The Bertz CT molecular complexity index is 381. The minimum absolute atomic E-state index is 0.348. The monoisotopic (exact) mass is 247 g/mol. The van der Waals surface area contributed by atoms with Gasteiger partial charge in [-0.05, 0) is 38.3 Å². The number of anilines is 1. The minimum atomic E-state index is 0.348. The van der Waals surface area contributed by atoms with Crippen molar-refractivity contribution in [1.82, 2.24) is 10.3 Å². The van der Waals surface area contributed by atoms with E-state index in [4.69, 9.17) is 0 Å². The van der Waals surface area contributed by atoms with E-state index in [9.17, 15) is 0 Å². The van der Waals surface area contributed by atoms with Crippen LogP contribution in [0.3, 0.4) is 0 Å². The Kier molecular flexibility index (Phi) is 4.23. The van der Waals surface area contributed by atoms with Crippen LogP contribution in [0.1, 0.15) is 38.8 Å². The molecule has 1 aliphatic rings. The Labute approximate surface area is 111 Å². The van der Waals surface area contributed by atoms with E-state index in [2.05, 4.69) is 42.0 Å². The first-order chi connectivity index (χ1) is 8.61. The van der Waals surface area contributed by atoms with Gasteiger partial charge in [0, 0.05) is 30.9 Å². The molecule has 3 unspecified atom stereocenters. The summed E-state index contributed by atoms with van der Waals surface area (Å²) in [6.45, 7) is 9.13. The van der Waals surface area contributed by atoms with E-state index in [1.807, 2.05) is 19.3 Å². The van der Waals surface area contributed by atoms with Crippen LogP contribution in [0, 0.1) is 11.8 Å². The van der Waals surface area contributed by atoms with Gasteiger partial charge in [-0.2, -0.15) is 0 Å². The predicted molar refractivity (Wildman–Crippen MR) is 76.9 cm³/mol. The van der Waals surface area contributed by atoms with E-state index in [1.54, 1.807) is 0 Å². The van der Waals surface area contributed by atoms with E-state index in [1.165, 1.54) is 12.0 Å². The molecule has 1 aromatic rings. The van der Waals surface area contributed by atoms with E-state index >= 15 is 0 Å². The molecule has 0 aromatic carbocycles. The van der Waals surface area contributed by atoms with Gasteiger partial charge in [0.1, 0.15) is 5.82 Å². The lowest BCUT2D eigenvalue weighted by Gasteiger charge is -2.37. The number of nitrogens with one attached hydrogen (secondary N) is 1. The molecule has 0 bridgehead atoms. The molecule has 2 rings (SSSR count). The molecule has 3 nitrogen and oxygen atoms in total. The van der Waals surface area contributed by atoms with Crippen molar-refractivity contribution in [3.63, 3.8) is 0 Å². The third kappa shape index (κ3) is 2.83. The molecule has 0 spiro atoms. The summed E-state index contributed by atoms with van der Waals surface area (Å²) in [6.07, 6.45) is 3.24. The fraction of sp³-hybridized carbons (Fsp3) is 0.667. The highest BCUT2D eigenvalue weighted by Gasteiger charge is 2.25. The topological polar surface area (TPSA) is 28.2 Å². The zero-order chi connectivity index (χ0) is 13.1. The van der Waals surface area contributed by atoms with E-state index in [-0.39, 0.29) is 0 Å². The standard InChI is InChI=1S/C15H25N3/c1-11-8-12(2)10-18(9-11)15-14(13(3)16-4)6-5-7-17-15/h5-7,11-13,16H,8-10H2,1-4H3. The lowest BCUT2D eigenvalue weighted by molar-refractivity contribution is 0.354. The molecule has 2 heterocycles. The highest BCUT2D eigenvalue weighted by molar-refractivity contribution is 5.48. The molecule has 0 saturated carbocycles. The molecule has 3 atom stereocenters. The summed E-state index contributed by atoms with van der Waals surface area (Å²) < 4.78 is 0. The third-order valence-corrected chi connectivity index (χ3v) is 3.88. The summed E-state index contributed by atoms with van der Waals surface area (Å²) in [5.41, 5.74) is 1.31. The maximum absolute atomic E-state index is 4.63. The first-order valence-corrected chi connectivity index (χ1v) is 6.99. The maximum Gasteiger partial charge on any atom is 0.133 e. The molecule has 1 aliphatic heterocycles. The van der Waals surface area contributed by atoms with Crippen molar-refractivity contribution in [2.24, 2.45) is 11.8 Å². The van der Waals surface area contributed by atoms with Gasteiger partial charge in [-0.25, -0.2) is 4.98 Å². The van der Waals surface area contributed by atoms with E-state index < -0.39 is 0 Å². The first kappa shape index (κ1) is 13.3. The molecule has 1 aromatic heterocycles. The Morgan fingerprint density at radius 3 is 2.61 bits per heavy atom. The van der Waals surface area contributed by atoms with Gasteiger partial charge in [0.25, 0.3) is 0 Å². The van der Waals surface area contributed by atoms with Crippen molar-refractivity contribution in [1.29, 1.82) is 0 Å². The number of aromatic nitrogens is 1. The lowest BCUT2D eigenvalue weighted by Crippen LogP contribution is -2.40. The number of rotatable bonds is 3. The van der Waals surface area contributed by atoms with Crippen molar-refractivity contribution in [2.75, 3.05) is 25.0 Å². The van der Waals surface area contributed by atoms with Crippen LogP contribution in [0.15, 0.2) is 18.3 Å². The Balaban J connectivity index is 2.26.